The Morgan fingerprint density at radius 1 is 1.14 bits per heavy atom. The summed E-state index contributed by atoms with van der Waals surface area (Å²) in [7, 11) is 0. The lowest BCUT2D eigenvalue weighted by atomic mass is 9.85. The standard InChI is InChI=1S/C19H30N2/c1-18(2)15-21(19(3,14-20-18)17-11-12-17)13-7-10-16-8-5-4-6-9-16/h4-6,8-9,17,20H,7,10-15H2,1-3H3. The minimum absolute atomic E-state index is 0.251. The first-order valence-electron chi connectivity index (χ1n) is 8.54. The van der Waals surface area contributed by atoms with Crippen LogP contribution in [0.2, 0.25) is 0 Å². The molecule has 2 fully saturated rings. The minimum Gasteiger partial charge on any atom is -0.309 e. The monoisotopic (exact) mass is 286 g/mol. The van der Waals surface area contributed by atoms with Gasteiger partial charge >= 0.3 is 0 Å². The molecule has 1 N–H and O–H groups in total. The van der Waals surface area contributed by atoms with E-state index in [1.165, 1.54) is 44.3 Å². The molecular formula is C19H30N2. The Morgan fingerprint density at radius 3 is 2.52 bits per heavy atom. The maximum absolute atomic E-state index is 3.77. The maximum atomic E-state index is 3.77. The van der Waals surface area contributed by atoms with Crippen molar-refractivity contribution in [2.75, 3.05) is 19.6 Å². The van der Waals surface area contributed by atoms with Gasteiger partial charge in [0.05, 0.1) is 0 Å². The highest BCUT2D eigenvalue weighted by Crippen LogP contribution is 2.44. The van der Waals surface area contributed by atoms with Crippen LogP contribution in [-0.2, 0) is 6.42 Å². The van der Waals surface area contributed by atoms with E-state index in [9.17, 15) is 0 Å². The maximum Gasteiger partial charge on any atom is 0.0334 e. The molecule has 0 aromatic heterocycles. The summed E-state index contributed by atoms with van der Waals surface area (Å²) in [6.45, 7) is 10.7. The van der Waals surface area contributed by atoms with Crippen molar-refractivity contribution in [1.29, 1.82) is 0 Å². The van der Waals surface area contributed by atoms with Crippen LogP contribution in [0.5, 0.6) is 0 Å². The van der Waals surface area contributed by atoms with E-state index in [1.54, 1.807) is 0 Å². The van der Waals surface area contributed by atoms with Crippen molar-refractivity contribution in [3.8, 4) is 0 Å². The van der Waals surface area contributed by atoms with E-state index < -0.39 is 0 Å². The van der Waals surface area contributed by atoms with Crippen LogP contribution in [0.3, 0.4) is 0 Å². The van der Waals surface area contributed by atoms with Crippen molar-refractivity contribution in [2.45, 2.75) is 57.5 Å². The highest BCUT2D eigenvalue weighted by molar-refractivity contribution is 5.15. The lowest BCUT2D eigenvalue weighted by Gasteiger charge is -2.52. The number of rotatable bonds is 5. The van der Waals surface area contributed by atoms with Crippen LogP contribution in [0.15, 0.2) is 30.3 Å². The summed E-state index contributed by atoms with van der Waals surface area (Å²) in [5.74, 6) is 0.915. The largest absolute Gasteiger partial charge is 0.309 e. The van der Waals surface area contributed by atoms with Gasteiger partial charge in [0, 0.05) is 24.2 Å². The molecular weight excluding hydrogens is 256 g/mol. The predicted molar refractivity (Wildman–Crippen MR) is 89.5 cm³/mol. The van der Waals surface area contributed by atoms with Gasteiger partial charge in [0.2, 0.25) is 0 Å². The van der Waals surface area contributed by atoms with E-state index in [1.807, 2.05) is 0 Å². The SMILES string of the molecule is CC1(C)CN(CCCc2ccccc2)C(C)(C2CC2)CN1. The summed E-state index contributed by atoms with van der Waals surface area (Å²) in [4.78, 5) is 2.78. The van der Waals surface area contributed by atoms with Crippen LogP contribution < -0.4 is 5.32 Å². The number of benzene rings is 1. The van der Waals surface area contributed by atoms with Crippen LogP contribution in [0, 0.1) is 5.92 Å². The molecule has 1 heterocycles. The van der Waals surface area contributed by atoms with Gasteiger partial charge in [-0.05, 0) is 64.5 Å². The molecule has 0 spiro atoms. The van der Waals surface area contributed by atoms with Crippen LogP contribution in [0.25, 0.3) is 0 Å². The third kappa shape index (κ3) is 3.49. The summed E-state index contributed by atoms with van der Waals surface area (Å²) in [5.41, 5.74) is 2.10. The van der Waals surface area contributed by atoms with Gasteiger partial charge in [-0.1, -0.05) is 30.3 Å². The van der Waals surface area contributed by atoms with Gasteiger partial charge in [-0.15, -0.1) is 0 Å². The van der Waals surface area contributed by atoms with Crippen molar-refractivity contribution in [2.24, 2.45) is 5.92 Å². The van der Waals surface area contributed by atoms with Gasteiger partial charge in [-0.2, -0.15) is 0 Å². The molecule has 0 radical (unpaired) electrons. The zero-order valence-corrected chi connectivity index (χ0v) is 13.9. The van der Waals surface area contributed by atoms with E-state index in [-0.39, 0.29) is 5.54 Å². The normalized spacial score (nSPS) is 29.5. The molecule has 1 saturated carbocycles. The molecule has 0 bridgehead atoms. The van der Waals surface area contributed by atoms with Crippen molar-refractivity contribution >= 4 is 0 Å². The Bertz CT molecular complexity index is 464. The smallest absolute Gasteiger partial charge is 0.0334 e. The number of hydrogen-bond donors (Lipinski definition) is 1. The molecule has 1 unspecified atom stereocenters. The van der Waals surface area contributed by atoms with Crippen molar-refractivity contribution in [3.63, 3.8) is 0 Å². The van der Waals surface area contributed by atoms with Crippen molar-refractivity contribution < 1.29 is 0 Å². The summed E-state index contributed by atoms with van der Waals surface area (Å²) in [5, 5.41) is 3.77. The molecule has 1 aliphatic heterocycles. The highest BCUT2D eigenvalue weighted by atomic mass is 15.3. The van der Waals surface area contributed by atoms with Gasteiger partial charge in [0.1, 0.15) is 0 Å². The van der Waals surface area contributed by atoms with E-state index >= 15 is 0 Å². The topological polar surface area (TPSA) is 15.3 Å². The van der Waals surface area contributed by atoms with Gasteiger partial charge < -0.3 is 5.32 Å². The number of piperazine rings is 1. The molecule has 2 heteroatoms. The Labute approximate surface area is 129 Å². The molecule has 1 aromatic carbocycles. The average molecular weight is 286 g/mol. The average Bonchev–Trinajstić information content (AvgIpc) is 3.29. The molecule has 1 aromatic rings. The molecule has 1 saturated heterocycles. The fourth-order valence-corrected chi connectivity index (χ4v) is 3.80. The van der Waals surface area contributed by atoms with Gasteiger partial charge in [0.25, 0.3) is 0 Å². The molecule has 21 heavy (non-hydrogen) atoms. The first-order chi connectivity index (χ1) is 10.00. The summed E-state index contributed by atoms with van der Waals surface area (Å²) in [6.07, 6.45) is 5.32. The second kappa shape index (κ2) is 5.73. The van der Waals surface area contributed by atoms with E-state index in [0.29, 0.717) is 5.54 Å². The number of hydrogen-bond acceptors (Lipinski definition) is 2. The van der Waals surface area contributed by atoms with Gasteiger partial charge in [-0.25, -0.2) is 0 Å². The summed E-state index contributed by atoms with van der Waals surface area (Å²) < 4.78 is 0. The van der Waals surface area contributed by atoms with E-state index in [2.05, 4.69) is 61.3 Å². The molecule has 1 aliphatic carbocycles. The highest BCUT2D eigenvalue weighted by Gasteiger charge is 2.49. The Balaban J connectivity index is 1.60. The first-order valence-corrected chi connectivity index (χ1v) is 8.54. The fraction of sp³-hybridized carbons (Fsp3) is 0.684. The second-order valence-corrected chi connectivity index (χ2v) is 7.88. The van der Waals surface area contributed by atoms with Crippen LogP contribution in [0.4, 0.5) is 0 Å². The fourth-order valence-electron chi connectivity index (χ4n) is 3.80. The lowest BCUT2D eigenvalue weighted by molar-refractivity contribution is 0.0112. The molecule has 2 nitrogen and oxygen atoms in total. The van der Waals surface area contributed by atoms with Gasteiger partial charge in [-0.3, -0.25) is 4.90 Å². The first kappa shape index (κ1) is 15.1. The minimum atomic E-state index is 0.251. The number of nitrogens with one attached hydrogen (secondary N) is 1. The summed E-state index contributed by atoms with van der Waals surface area (Å²) >= 11 is 0. The third-order valence-corrected chi connectivity index (χ3v) is 5.43. The quantitative estimate of drug-likeness (QED) is 0.891. The zero-order chi connectivity index (χ0) is 14.9. The Morgan fingerprint density at radius 2 is 1.86 bits per heavy atom. The molecule has 2 aliphatic rings. The van der Waals surface area contributed by atoms with E-state index in [0.717, 1.165) is 12.5 Å². The zero-order valence-electron chi connectivity index (χ0n) is 13.9. The molecule has 116 valence electrons. The van der Waals surface area contributed by atoms with Crippen LogP contribution in [0.1, 0.15) is 45.6 Å². The Hall–Kier alpha value is -0.860. The second-order valence-electron chi connectivity index (χ2n) is 7.88. The predicted octanol–water partition coefficient (Wildman–Crippen LogP) is 3.47. The van der Waals surface area contributed by atoms with Crippen molar-refractivity contribution in [1.82, 2.24) is 10.2 Å². The molecule has 1 atom stereocenters. The van der Waals surface area contributed by atoms with Crippen LogP contribution in [-0.4, -0.2) is 35.6 Å². The number of nitrogens with zero attached hydrogens (tertiary/aromatic N) is 1. The van der Waals surface area contributed by atoms with Crippen LogP contribution >= 0.6 is 0 Å². The van der Waals surface area contributed by atoms with Gasteiger partial charge in [0.15, 0.2) is 0 Å². The molecule has 0 amide bonds. The Kier molecular flexibility index (Phi) is 4.11. The summed E-state index contributed by atoms with van der Waals surface area (Å²) in [6, 6.07) is 10.9. The van der Waals surface area contributed by atoms with Crippen molar-refractivity contribution in [3.05, 3.63) is 35.9 Å². The molecule has 3 rings (SSSR count). The lowest BCUT2D eigenvalue weighted by Crippen LogP contribution is -2.68. The van der Waals surface area contributed by atoms with E-state index in [4.69, 9.17) is 0 Å². The third-order valence-electron chi connectivity index (χ3n) is 5.43. The number of aryl methyl sites for hydroxylation is 1.